The normalized spacial score (nSPS) is 15.3. The van der Waals surface area contributed by atoms with E-state index in [0.717, 1.165) is 57.8 Å². The largest absolute Gasteiger partial charge is 0.756 e. The Hall–Kier alpha value is -1.80. The van der Waals surface area contributed by atoms with Crippen LogP contribution < -0.4 is 10.2 Å². The number of aliphatic hydroxyl groups excluding tert-OH is 1. The number of hydrogen-bond acceptors (Lipinski definition) is 6. The standard InChI is InChI=1S/C40H73N2O6P/c1-6-8-10-12-14-16-18-20-21-22-24-26-28-30-32-34-40(44)41-38(37-48-49(45,46)47-36-35-42(3,4)5)39(43)33-31-29-27-25-23-19-17-15-13-11-9-7-2/h8,10,14,16,20-21,24,26,31,33,38-39,43H,6-7,9,11-13,15,17-19,22-23,25,27-30,32,34-37H2,1-5H3,(H-,41,44,45,46)/b10-8-,16-14-,21-20-,26-24-,33-31+. The molecule has 0 saturated carbocycles. The summed E-state index contributed by atoms with van der Waals surface area (Å²) in [5.74, 6) is -0.243. The number of carbonyl (C=O) groups is 1. The minimum atomic E-state index is -4.59. The van der Waals surface area contributed by atoms with Gasteiger partial charge in [-0.25, -0.2) is 0 Å². The zero-order valence-corrected chi connectivity index (χ0v) is 32.8. The van der Waals surface area contributed by atoms with Crippen LogP contribution >= 0.6 is 7.82 Å². The summed E-state index contributed by atoms with van der Waals surface area (Å²) in [7, 11) is 1.22. The summed E-state index contributed by atoms with van der Waals surface area (Å²) in [6.45, 7) is 4.45. The second kappa shape index (κ2) is 32.1. The van der Waals surface area contributed by atoms with Crippen molar-refractivity contribution < 1.29 is 32.9 Å². The van der Waals surface area contributed by atoms with Crippen molar-refractivity contribution in [1.82, 2.24) is 5.32 Å². The van der Waals surface area contributed by atoms with Crippen molar-refractivity contribution in [2.45, 2.75) is 148 Å². The molecular weight excluding hydrogens is 635 g/mol. The van der Waals surface area contributed by atoms with E-state index in [9.17, 15) is 19.4 Å². The van der Waals surface area contributed by atoms with E-state index in [0.29, 0.717) is 17.4 Å². The maximum Gasteiger partial charge on any atom is 0.268 e. The highest BCUT2D eigenvalue weighted by Gasteiger charge is 2.23. The lowest BCUT2D eigenvalue weighted by molar-refractivity contribution is -0.870. The van der Waals surface area contributed by atoms with Crippen LogP contribution in [0.4, 0.5) is 0 Å². The number of unbranched alkanes of at least 4 members (excludes halogenated alkanes) is 12. The van der Waals surface area contributed by atoms with Gasteiger partial charge in [-0.05, 0) is 57.8 Å². The van der Waals surface area contributed by atoms with E-state index in [1.807, 2.05) is 27.2 Å². The average molecular weight is 709 g/mol. The number of nitrogens with one attached hydrogen (secondary N) is 1. The Bertz CT molecular complexity index is 986. The molecule has 0 bridgehead atoms. The molecule has 0 aliphatic carbocycles. The number of phosphoric acid groups is 1. The average Bonchev–Trinajstić information content (AvgIpc) is 3.04. The van der Waals surface area contributed by atoms with Gasteiger partial charge in [0, 0.05) is 6.42 Å². The van der Waals surface area contributed by atoms with Crippen LogP contribution in [-0.4, -0.2) is 68.5 Å². The van der Waals surface area contributed by atoms with Crippen LogP contribution in [0, 0.1) is 0 Å². The number of rotatable bonds is 33. The summed E-state index contributed by atoms with van der Waals surface area (Å²) in [5, 5.41) is 13.7. The second-order valence-electron chi connectivity index (χ2n) is 13.9. The summed E-state index contributed by atoms with van der Waals surface area (Å²) in [5.41, 5.74) is 0. The van der Waals surface area contributed by atoms with Gasteiger partial charge in [0.05, 0.1) is 39.9 Å². The molecular formula is C40H73N2O6P. The van der Waals surface area contributed by atoms with E-state index in [2.05, 4.69) is 67.8 Å². The number of hydrogen-bond donors (Lipinski definition) is 2. The van der Waals surface area contributed by atoms with Crippen LogP contribution in [-0.2, 0) is 18.4 Å². The van der Waals surface area contributed by atoms with Gasteiger partial charge in [0.15, 0.2) is 0 Å². The third kappa shape index (κ3) is 34.4. The number of nitrogens with zero attached hydrogens (tertiary/aromatic N) is 1. The number of amides is 1. The topological polar surface area (TPSA) is 108 Å². The van der Waals surface area contributed by atoms with E-state index in [1.165, 1.54) is 51.4 Å². The van der Waals surface area contributed by atoms with Crippen molar-refractivity contribution >= 4 is 13.7 Å². The first-order chi connectivity index (χ1) is 23.5. The van der Waals surface area contributed by atoms with Gasteiger partial charge in [-0.15, -0.1) is 0 Å². The molecule has 0 radical (unpaired) electrons. The molecule has 284 valence electrons. The van der Waals surface area contributed by atoms with E-state index in [1.54, 1.807) is 6.08 Å². The summed E-state index contributed by atoms with van der Waals surface area (Å²) in [4.78, 5) is 25.1. The van der Waals surface area contributed by atoms with E-state index >= 15 is 0 Å². The molecule has 0 aliphatic heterocycles. The van der Waals surface area contributed by atoms with Gasteiger partial charge in [0.1, 0.15) is 13.2 Å². The molecule has 8 nitrogen and oxygen atoms in total. The van der Waals surface area contributed by atoms with Gasteiger partial charge in [0.2, 0.25) is 5.91 Å². The Morgan fingerprint density at radius 1 is 0.735 bits per heavy atom. The highest BCUT2D eigenvalue weighted by atomic mass is 31.2. The molecule has 0 spiro atoms. The van der Waals surface area contributed by atoms with Crippen LogP contribution in [0.5, 0.6) is 0 Å². The summed E-state index contributed by atoms with van der Waals surface area (Å²) < 4.78 is 23.1. The lowest BCUT2D eigenvalue weighted by atomic mass is 10.1. The quantitative estimate of drug-likeness (QED) is 0.0305. The fraction of sp³-hybridized carbons (Fsp3) is 0.725. The number of quaternary nitrogens is 1. The van der Waals surface area contributed by atoms with E-state index < -0.39 is 26.6 Å². The minimum absolute atomic E-state index is 0.0120. The predicted molar refractivity (Wildman–Crippen MR) is 205 cm³/mol. The number of carbonyl (C=O) groups excluding carboxylic acids is 1. The highest BCUT2D eigenvalue weighted by Crippen LogP contribution is 2.38. The molecule has 0 fully saturated rings. The van der Waals surface area contributed by atoms with Gasteiger partial charge in [-0.3, -0.25) is 9.36 Å². The molecule has 1 amide bonds. The van der Waals surface area contributed by atoms with Crippen LogP contribution in [0.3, 0.4) is 0 Å². The van der Waals surface area contributed by atoms with Crippen molar-refractivity contribution in [3.05, 3.63) is 60.8 Å². The fourth-order valence-corrected chi connectivity index (χ4v) is 5.63. The molecule has 0 rings (SSSR count). The Kier molecular flexibility index (Phi) is 31.0. The molecule has 3 atom stereocenters. The number of phosphoric ester groups is 1. The summed E-state index contributed by atoms with van der Waals surface area (Å²) >= 11 is 0. The third-order valence-electron chi connectivity index (χ3n) is 7.98. The van der Waals surface area contributed by atoms with E-state index in [-0.39, 0.29) is 18.9 Å². The van der Waals surface area contributed by atoms with Gasteiger partial charge >= 0.3 is 0 Å². The summed E-state index contributed by atoms with van der Waals surface area (Å²) in [6.07, 6.45) is 39.8. The maximum atomic E-state index is 12.8. The Morgan fingerprint density at radius 2 is 1.24 bits per heavy atom. The Morgan fingerprint density at radius 3 is 1.82 bits per heavy atom. The second-order valence-corrected chi connectivity index (χ2v) is 15.3. The SMILES string of the molecule is CC/C=C\C/C=C\C/C=C\C/C=C\CCCCC(=O)NC(COP(=O)([O-])OCC[N+](C)(C)C)C(O)/C=C/CCCCCCCCCCCC. The van der Waals surface area contributed by atoms with Crippen LogP contribution in [0.2, 0.25) is 0 Å². The van der Waals surface area contributed by atoms with E-state index in [4.69, 9.17) is 9.05 Å². The van der Waals surface area contributed by atoms with Crippen molar-refractivity contribution in [3.63, 3.8) is 0 Å². The Labute approximate surface area is 301 Å². The molecule has 3 unspecified atom stereocenters. The lowest BCUT2D eigenvalue weighted by Crippen LogP contribution is -2.45. The zero-order chi connectivity index (χ0) is 36.5. The maximum absolute atomic E-state index is 12.8. The number of likely N-dealkylation sites (N-methyl/N-ethyl adjacent to an activating group) is 1. The molecule has 2 N–H and O–H groups in total. The predicted octanol–water partition coefficient (Wildman–Crippen LogP) is 9.27. The first-order valence-electron chi connectivity index (χ1n) is 19.2. The van der Waals surface area contributed by atoms with Gasteiger partial charge in [-0.1, -0.05) is 132 Å². The lowest BCUT2D eigenvalue weighted by Gasteiger charge is -2.29. The molecule has 49 heavy (non-hydrogen) atoms. The van der Waals surface area contributed by atoms with Gasteiger partial charge < -0.3 is 28.8 Å². The minimum Gasteiger partial charge on any atom is -0.756 e. The zero-order valence-electron chi connectivity index (χ0n) is 31.9. The van der Waals surface area contributed by atoms with Gasteiger partial charge in [0.25, 0.3) is 7.82 Å². The fourth-order valence-electron chi connectivity index (χ4n) is 4.90. The smallest absolute Gasteiger partial charge is 0.268 e. The van der Waals surface area contributed by atoms with Crippen molar-refractivity contribution in [1.29, 1.82) is 0 Å². The molecule has 9 heteroatoms. The van der Waals surface area contributed by atoms with Crippen molar-refractivity contribution in [3.8, 4) is 0 Å². The first-order valence-corrected chi connectivity index (χ1v) is 20.6. The van der Waals surface area contributed by atoms with Crippen molar-refractivity contribution in [2.24, 2.45) is 0 Å². The molecule has 0 aromatic heterocycles. The molecule has 0 saturated heterocycles. The van der Waals surface area contributed by atoms with Crippen LogP contribution in [0.15, 0.2) is 60.8 Å². The molecule has 0 aliphatic rings. The van der Waals surface area contributed by atoms with Crippen molar-refractivity contribution in [2.75, 3.05) is 40.9 Å². The molecule has 0 aromatic carbocycles. The monoisotopic (exact) mass is 709 g/mol. The number of aliphatic hydroxyl groups is 1. The highest BCUT2D eigenvalue weighted by molar-refractivity contribution is 7.45. The third-order valence-corrected chi connectivity index (χ3v) is 8.95. The molecule has 0 aromatic rings. The summed E-state index contributed by atoms with van der Waals surface area (Å²) in [6, 6.07) is -0.907. The molecule has 0 heterocycles. The Balaban J connectivity index is 4.64. The van der Waals surface area contributed by atoms with Crippen LogP contribution in [0.25, 0.3) is 0 Å². The first kappa shape index (κ1) is 47.2. The number of allylic oxidation sites excluding steroid dienone is 9. The van der Waals surface area contributed by atoms with Gasteiger partial charge in [-0.2, -0.15) is 0 Å². The van der Waals surface area contributed by atoms with Crippen LogP contribution in [0.1, 0.15) is 136 Å².